The molecular formula is C12H18N2O. The second-order valence-electron chi connectivity index (χ2n) is 4.75. The summed E-state index contributed by atoms with van der Waals surface area (Å²) in [5, 5.41) is 10.5. The number of hydrogen-bond donors (Lipinski definition) is 1. The molecule has 0 radical (unpaired) electrons. The van der Waals surface area contributed by atoms with Crippen LogP contribution in [0.1, 0.15) is 24.5 Å². The van der Waals surface area contributed by atoms with Gasteiger partial charge in [0.25, 0.3) is 0 Å². The van der Waals surface area contributed by atoms with E-state index in [4.69, 9.17) is 0 Å². The van der Waals surface area contributed by atoms with E-state index < -0.39 is 5.60 Å². The smallest absolute Gasteiger partial charge is 0.105 e. The van der Waals surface area contributed by atoms with Crippen molar-refractivity contribution in [1.29, 1.82) is 0 Å². The van der Waals surface area contributed by atoms with Crippen molar-refractivity contribution in [3.05, 3.63) is 29.6 Å². The summed E-state index contributed by atoms with van der Waals surface area (Å²) in [4.78, 5) is 6.33. The normalized spacial score (nSPS) is 32.1. The van der Waals surface area contributed by atoms with Gasteiger partial charge in [0.1, 0.15) is 5.60 Å². The van der Waals surface area contributed by atoms with Crippen LogP contribution in [0.25, 0.3) is 0 Å². The van der Waals surface area contributed by atoms with Crippen molar-refractivity contribution in [2.24, 2.45) is 0 Å². The standard InChI is InChI=1S/C12H18N2O/c1-9-4-11(7-13-6-9)12(15)5-10(2)14(3)8-12/h4,6-7,10,15H,5,8H2,1-3H3. The number of β-amino-alcohol motifs (C(OH)–C–C–N with tert-alkyl or cyclic N) is 1. The Hall–Kier alpha value is -0.930. The fourth-order valence-corrected chi connectivity index (χ4v) is 2.30. The van der Waals surface area contributed by atoms with Crippen molar-refractivity contribution in [2.75, 3.05) is 13.6 Å². The van der Waals surface area contributed by atoms with Crippen molar-refractivity contribution < 1.29 is 5.11 Å². The van der Waals surface area contributed by atoms with Gasteiger partial charge in [0.2, 0.25) is 0 Å². The van der Waals surface area contributed by atoms with E-state index in [2.05, 4.69) is 16.8 Å². The predicted octanol–water partition coefficient (Wildman–Crippen LogP) is 1.30. The third-order valence-electron chi connectivity index (χ3n) is 3.31. The van der Waals surface area contributed by atoms with Crippen molar-refractivity contribution in [3.8, 4) is 0 Å². The van der Waals surface area contributed by atoms with Gasteiger partial charge in [-0.15, -0.1) is 0 Å². The molecule has 0 amide bonds. The molecule has 0 aromatic carbocycles. The molecule has 82 valence electrons. The highest BCUT2D eigenvalue weighted by Gasteiger charge is 2.40. The van der Waals surface area contributed by atoms with E-state index in [0.717, 1.165) is 17.5 Å². The first-order chi connectivity index (χ1) is 7.01. The van der Waals surface area contributed by atoms with Crippen molar-refractivity contribution in [2.45, 2.75) is 31.9 Å². The van der Waals surface area contributed by atoms with Crippen LogP contribution in [0, 0.1) is 6.92 Å². The highest BCUT2D eigenvalue weighted by atomic mass is 16.3. The first kappa shape index (κ1) is 10.6. The van der Waals surface area contributed by atoms with Crippen LogP contribution in [0.2, 0.25) is 0 Å². The number of pyridine rings is 1. The van der Waals surface area contributed by atoms with E-state index in [1.54, 1.807) is 6.20 Å². The molecular weight excluding hydrogens is 188 g/mol. The first-order valence-corrected chi connectivity index (χ1v) is 5.36. The zero-order valence-electron chi connectivity index (χ0n) is 9.57. The van der Waals surface area contributed by atoms with E-state index in [1.165, 1.54) is 0 Å². The SMILES string of the molecule is Cc1cncc(C2(O)CC(C)N(C)C2)c1. The monoisotopic (exact) mass is 206 g/mol. The number of aromatic nitrogens is 1. The van der Waals surface area contributed by atoms with Crippen LogP contribution in [-0.4, -0.2) is 34.6 Å². The maximum Gasteiger partial charge on any atom is 0.105 e. The molecule has 0 saturated carbocycles. The number of nitrogens with zero attached hydrogens (tertiary/aromatic N) is 2. The van der Waals surface area contributed by atoms with Gasteiger partial charge in [-0.05, 0) is 32.9 Å². The topological polar surface area (TPSA) is 36.4 Å². The molecule has 3 nitrogen and oxygen atoms in total. The van der Waals surface area contributed by atoms with Gasteiger partial charge in [0.05, 0.1) is 0 Å². The van der Waals surface area contributed by atoms with Crippen LogP contribution in [0.5, 0.6) is 0 Å². The second-order valence-corrected chi connectivity index (χ2v) is 4.75. The molecule has 2 heterocycles. The molecule has 0 aliphatic carbocycles. The first-order valence-electron chi connectivity index (χ1n) is 5.36. The van der Waals surface area contributed by atoms with Gasteiger partial charge in [-0.25, -0.2) is 0 Å². The van der Waals surface area contributed by atoms with Gasteiger partial charge in [0.15, 0.2) is 0 Å². The van der Waals surface area contributed by atoms with Gasteiger partial charge in [-0.2, -0.15) is 0 Å². The Labute approximate surface area is 90.8 Å². The summed E-state index contributed by atoms with van der Waals surface area (Å²) in [6.07, 6.45) is 4.38. The summed E-state index contributed by atoms with van der Waals surface area (Å²) < 4.78 is 0. The summed E-state index contributed by atoms with van der Waals surface area (Å²) >= 11 is 0. The molecule has 1 saturated heterocycles. The van der Waals surface area contributed by atoms with E-state index in [0.29, 0.717) is 12.6 Å². The number of aliphatic hydroxyl groups is 1. The van der Waals surface area contributed by atoms with Crippen LogP contribution in [-0.2, 0) is 5.60 Å². The fraction of sp³-hybridized carbons (Fsp3) is 0.583. The van der Waals surface area contributed by atoms with Crippen LogP contribution in [0.15, 0.2) is 18.5 Å². The van der Waals surface area contributed by atoms with Crippen LogP contribution < -0.4 is 0 Å². The predicted molar refractivity (Wildman–Crippen MR) is 59.6 cm³/mol. The summed E-state index contributed by atoms with van der Waals surface area (Å²) in [6.45, 7) is 4.84. The maximum absolute atomic E-state index is 10.5. The van der Waals surface area contributed by atoms with Crippen LogP contribution >= 0.6 is 0 Å². The van der Waals surface area contributed by atoms with Gasteiger partial charge >= 0.3 is 0 Å². The lowest BCUT2D eigenvalue weighted by atomic mass is 9.92. The van der Waals surface area contributed by atoms with Gasteiger partial charge in [-0.3, -0.25) is 4.98 Å². The Morgan fingerprint density at radius 1 is 1.53 bits per heavy atom. The molecule has 2 rings (SSSR count). The van der Waals surface area contributed by atoms with Crippen molar-refractivity contribution in [3.63, 3.8) is 0 Å². The zero-order chi connectivity index (χ0) is 11.1. The van der Waals surface area contributed by atoms with Crippen molar-refractivity contribution >= 4 is 0 Å². The summed E-state index contributed by atoms with van der Waals surface area (Å²) in [7, 11) is 2.05. The molecule has 2 atom stereocenters. The van der Waals surface area contributed by atoms with E-state index >= 15 is 0 Å². The van der Waals surface area contributed by atoms with Crippen LogP contribution in [0.3, 0.4) is 0 Å². The highest BCUT2D eigenvalue weighted by Crippen LogP contribution is 2.34. The molecule has 2 unspecified atom stereocenters. The Bertz CT molecular complexity index is 354. The fourth-order valence-electron chi connectivity index (χ4n) is 2.30. The Morgan fingerprint density at radius 3 is 2.80 bits per heavy atom. The number of likely N-dealkylation sites (tertiary alicyclic amines) is 1. The lowest BCUT2D eigenvalue weighted by Gasteiger charge is -2.22. The molecule has 3 heteroatoms. The van der Waals surface area contributed by atoms with E-state index in [1.807, 2.05) is 26.2 Å². The van der Waals surface area contributed by atoms with E-state index in [9.17, 15) is 5.11 Å². The Morgan fingerprint density at radius 2 is 2.27 bits per heavy atom. The quantitative estimate of drug-likeness (QED) is 0.752. The minimum Gasteiger partial charge on any atom is -0.384 e. The van der Waals surface area contributed by atoms with Gasteiger partial charge in [0, 0.05) is 30.5 Å². The second kappa shape index (κ2) is 3.58. The lowest BCUT2D eigenvalue weighted by Crippen LogP contribution is -2.29. The minimum absolute atomic E-state index is 0.426. The molecule has 0 spiro atoms. The number of rotatable bonds is 1. The van der Waals surface area contributed by atoms with Gasteiger partial charge in [-0.1, -0.05) is 6.07 Å². The molecule has 1 aromatic heterocycles. The van der Waals surface area contributed by atoms with Crippen molar-refractivity contribution in [1.82, 2.24) is 9.88 Å². The molecule has 1 aliphatic heterocycles. The van der Waals surface area contributed by atoms with Crippen LogP contribution in [0.4, 0.5) is 0 Å². The molecule has 1 N–H and O–H groups in total. The summed E-state index contributed by atoms with van der Waals surface area (Å²) in [6, 6.07) is 2.45. The third-order valence-corrected chi connectivity index (χ3v) is 3.31. The molecule has 15 heavy (non-hydrogen) atoms. The zero-order valence-corrected chi connectivity index (χ0v) is 9.57. The summed E-state index contributed by atoms with van der Waals surface area (Å²) in [5.74, 6) is 0. The summed E-state index contributed by atoms with van der Waals surface area (Å²) in [5.41, 5.74) is 1.33. The maximum atomic E-state index is 10.5. The third kappa shape index (κ3) is 1.90. The molecule has 1 aromatic rings. The number of hydrogen-bond acceptors (Lipinski definition) is 3. The lowest BCUT2D eigenvalue weighted by molar-refractivity contribution is 0.0482. The molecule has 1 fully saturated rings. The van der Waals surface area contributed by atoms with Gasteiger partial charge < -0.3 is 10.0 Å². The average molecular weight is 206 g/mol. The highest BCUT2D eigenvalue weighted by molar-refractivity contribution is 5.25. The molecule has 1 aliphatic rings. The number of aryl methyl sites for hydroxylation is 1. The largest absolute Gasteiger partial charge is 0.384 e. The van der Waals surface area contributed by atoms with E-state index in [-0.39, 0.29) is 0 Å². The Kier molecular flexibility index (Phi) is 2.52. The Balaban J connectivity index is 2.31. The minimum atomic E-state index is -0.715. The molecule has 0 bridgehead atoms. The number of likely N-dealkylation sites (N-methyl/N-ethyl adjacent to an activating group) is 1. The average Bonchev–Trinajstić information content (AvgIpc) is 2.42.